The number of alkyl halides is 3. The molecule has 0 radical (unpaired) electrons. The average molecular weight is 552 g/mol. The Morgan fingerprint density at radius 1 is 1.11 bits per heavy atom. The molecule has 2 aromatic carbocycles. The van der Waals surface area contributed by atoms with Crippen molar-refractivity contribution in [2.45, 2.75) is 25.1 Å². The van der Waals surface area contributed by atoms with Crippen LogP contribution in [0.15, 0.2) is 54.7 Å². The van der Waals surface area contributed by atoms with Crippen LogP contribution < -0.4 is 9.47 Å². The highest BCUT2D eigenvalue weighted by Crippen LogP contribution is 2.35. The maximum Gasteiger partial charge on any atom is 0.417 e. The second kappa shape index (κ2) is 10.3. The Labute approximate surface area is 216 Å². The standard InChI is InChI=1S/C24H14Cl2F3N3O3S/c1-12(21(33)18(10-30)17-7-2-14(25)9-19(17)26)34-15-3-5-16(6-4-15)35-23-32-20-8-13(24(27,28)29)11-31-22(20)36-23/h2-9,11-12,18H,1H3. The van der Waals surface area contributed by atoms with Gasteiger partial charge in [-0.1, -0.05) is 40.6 Å². The molecular weight excluding hydrogens is 538 g/mol. The third kappa shape index (κ3) is 5.70. The van der Waals surface area contributed by atoms with Crippen LogP contribution in [0.25, 0.3) is 10.3 Å². The number of rotatable bonds is 7. The highest BCUT2D eigenvalue weighted by atomic mass is 35.5. The lowest BCUT2D eigenvalue weighted by molar-refractivity contribution is -0.137. The summed E-state index contributed by atoms with van der Waals surface area (Å²) in [6.45, 7) is 1.52. The van der Waals surface area contributed by atoms with E-state index >= 15 is 0 Å². The first kappa shape index (κ1) is 25.7. The predicted octanol–water partition coefficient (Wildman–Crippen LogP) is 7.45. The lowest BCUT2D eigenvalue weighted by Crippen LogP contribution is -2.29. The van der Waals surface area contributed by atoms with Gasteiger partial charge in [-0.3, -0.25) is 4.79 Å². The topological polar surface area (TPSA) is 85.1 Å². The third-order valence-electron chi connectivity index (χ3n) is 4.98. The van der Waals surface area contributed by atoms with Gasteiger partial charge < -0.3 is 9.47 Å². The molecule has 184 valence electrons. The van der Waals surface area contributed by atoms with Gasteiger partial charge in [0, 0.05) is 16.2 Å². The fourth-order valence-electron chi connectivity index (χ4n) is 3.21. The van der Waals surface area contributed by atoms with E-state index in [4.69, 9.17) is 32.7 Å². The zero-order valence-corrected chi connectivity index (χ0v) is 20.5. The van der Waals surface area contributed by atoms with Crippen molar-refractivity contribution < 1.29 is 27.4 Å². The number of carbonyl (C=O) groups excluding carboxylic acids is 1. The van der Waals surface area contributed by atoms with Crippen LogP contribution in [0.1, 0.15) is 24.0 Å². The lowest BCUT2D eigenvalue weighted by atomic mass is 9.93. The minimum absolute atomic E-state index is 0.0740. The highest BCUT2D eigenvalue weighted by Gasteiger charge is 2.32. The van der Waals surface area contributed by atoms with Crippen LogP contribution in [-0.4, -0.2) is 21.9 Å². The number of Topliss-reactive ketones (excluding diaryl/α,β-unsaturated/α-hetero) is 1. The van der Waals surface area contributed by atoms with Gasteiger partial charge in [0.2, 0.25) is 0 Å². The van der Waals surface area contributed by atoms with Crippen molar-refractivity contribution in [2.75, 3.05) is 0 Å². The molecule has 0 amide bonds. The van der Waals surface area contributed by atoms with Crippen LogP contribution in [0.2, 0.25) is 10.0 Å². The van der Waals surface area contributed by atoms with Crippen molar-refractivity contribution >= 4 is 50.7 Å². The Morgan fingerprint density at radius 3 is 2.44 bits per heavy atom. The van der Waals surface area contributed by atoms with E-state index in [0.717, 1.165) is 23.6 Å². The second-order valence-corrected chi connectivity index (χ2v) is 9.27. The molecule has 0 N–H and O–H groups in total. The van der Waals surface area contributed by atoms with Gasteiger partial charge in [0.15, 0.2) is 11.9 Å². The Bertz CT molecular complexity index is 1470. The van der Waals surface area contributed by atoms with Crippen LogP contribution in [0.5, 0.6) is 16.7 Å². The number of ether oxygens (including phenoxy) is 2. The number of pyridine rings is 1. The number of thiazole rings is 1. The van der Waals surface area contributed by atoms with Gasteiger partial charge in [0.1, 0.15) is 27.8 Å². The number of fused-ring (bicyclic) bond motifs is 1. The number of nitrogens with zero attached hydrogens (tertiary/aromatic N) is 3. The number of benzene rings is 2. The van der Waals surface area contributed by atoms with Gasteiger partial charge in [-0.25, -0.2) is 9.97 Å². The average Bonchev–Trinajstić information content (AvgIpc) is 3.23. The number of hydrogen-bond acceptors (Lipinski definition) is 7. The first-order chi connectivity index (χ1) is 17.0. The van der Waals surface area contributed by atoms with E-state index in [1.165, 1.54) is 19.1 Å². The minimum atomic E-state index is -4.52. The number of halogens is 5. The summed E-state index contributed by atoms with van der Waals surface area (Å²) in [5.74, 6) is -0.942. The number of aromatic nitrogens is 2. The molecule has 36 heavy (non-hydrogen) atoms. The summed E-state index contributed by atoms with van der Waals surface area (Å²) < 4.78 is 49.9. The van der Waals surface area contributed by atoms with Crippen LogP contribution in [0.3, 0.4) is 0 Å². The van der Waals surface area contributed by atoms with E-state index < -0.39 is 29.5 Å². The van der Waals surface area contributed by atoms with E-state index in [2.05, 4.69) is 9.97 Å². The quantitative estimate of drug-likeness (QED) is 0.237. The fraction of sp³-hybridized carbons (Fsp3) is 0.167. The number of hydrogen-bond donors (Lipinski definition) is 0. The van der Waals surface area contributed by atoms with Gasteiger partial charge in [-0.15, -0.1) is 0 Å². The summed E-state index contributed by atoms with van der Waals surface area (Å²) >= 11 is 13.0. The maximum atomic E-state index is 12.9. The van der Waals surface area contributed by atoms with E-state index in [1.807, 2.05) is 6.07 Å². The van der Waals surface area contributed by atoms with Crippen LogP contribution in [0, 0.1) is 11.3 Å². The molecular formula is C24H14Cl2F3N3O3S. The molecule has 0 saturated carbocycles. The van der Waals surface area contributed by atoms with E-state index in [9.17, 15) is 23.2 Å². The first-order valence-corrected chi connectivity index (χ1v) is 11.8. The summed E-state index contributed by atoms with van der Waals surface area (Å²) in [5.41, 5.74) is -0.487. The Kier molecular flexibility index (Phi) is 7.36. The van der Waals surface area contributed by atoms with Crippen LogP contribution in [-0.2, 0) is 11.0 Å². The van der Waals surface area contributed by atoms with Crippen molar-refractivity contribution in [3.05, 3.63) is 75.9 Å². The van der Waals surface area contributed by atoms with Gasteiger partial charge in [-0.2, -0.15) is 18.4 Å². The maximum absolute atomic E-state index is 12.9. The number of nitriles is 1. The van der Waals surface area contributed by atoms with Gasteiger partial charge in [0.05, 0.1) is 11.6 Å². The molecule has 12 heteroatoms. The predicted molar refractivity (Wildman–Crippen MR) is 129 cm³/mol. The summed E-state index contributed by atoms with van der Waals surface area (Å²) in [6, 6.07) is 13.6. The summed E-state index contributed by atoms with van der Waals surface area (Å²) in [6.07, 6.45) is -4.74. The first-order valence-electron chi connectivity index (χ1n) is 10.2. The summed E-state index contributed by atoms with van der Waals surface area (Å²) in [5, 5.41) is 10.2. The summed E-state index contributed by atoms with van der Waals surface area (Å²) in [4.78, 5) is 21.0. The molecule has 0 saturated heterocycles. The molecule has 0 aliphatic rings. The Hall–Kier alpha value is -3.39. The normalized spacial score (nSPS) is 13.1. The molecule has 2 unspecified atom stereocenters. The van der Waals surface area contributed by atoms with E-state index in [1.54, 1.807) is 30.3 Å². The van der Waals surface area contributed by atoms with E-state index in [-0.39, 0.29) is 15.7 Å². The molecule has 2 heterocycles. The van der Waals surface area contributed by atoms with Gasteiger partial charge >= 0.3 is 6.18 Å². The zero-order chi connectivity index (χ0) is 26.0. The molecule has 0 aliphatic carbocycles. The molecule has 4 rings (SSSR count). The van der Waals surface area contributed by atoms with Crippen molar-refractivity contribution in [3.63, 3.8) is 0 Å². The molecule has 0 fully saturated rings. The smallest absolute Gasteiger partial charge is 0.417 e. The van der Waals surface area contributed by atoms with Crippen LogP contribution in [0.4, 0.5) is 13.2 Å². The van der Waals surface area contributed by atoms with Crippen molar-refractivity contribution in [3.8, 4) is 22.8 Å². The van der Waals surface area contributed by atoms with Gasteiger partial charge in [-0.05, 0) is 55.0 Å². The van der Waals surface area contributed by atoms with Crippen molar-refractivity contribution in [1.82, 2.24) is 9.97 Å². The Balaban J connectivity index is 1.43. The zero-order valence-electron chi connectivity index (χ0n) is 18.2. The molecule has 4 aromatic rings. The molecule has 6 nitrogen and oxygen atoms in total. The fourth-order valence-corrected chi connectivity index (χ4v) is 4.49. The molecule has 2 atom stereocenters. The summed E-state index contributed by atoms with van der Waals surface area (Å²) in [7, 11) is 0. The third-order valence-corrected chi connectivity index (χ3v) is 6.40. The number of carbonyl (C=O) groups is 1. The van der Waals surface area contributed by atoms with Crippen molar-refractivity contribution in [1.29, 1.82) is 5.26 Å². The highest BCUT2D eigenvalue weighted by molar-refractivity contribution is 7.19. The monoisotopic (exact) mass is 551 g/mol. The molecule has 0 bridgehead atoms. The second-order valence-electron chi connectivity index (χ2n) is 7.49. The number of ketones is 1. The molecule has 0 spiro atoms. The van der Waals surface area contributed by atoms with E-state index in [0.29, 0.717) is 26.9 Å². The molecule has 2 aromatic heterocycles. The SMILES string of the molecule is CC(Oc1ccc(Oc2nc3cc(C(F)(F)F)cnc3s2)cc1)C(=O)C(C#N)c1ccc(Cl)cc1Cl. The van der Waals surface area contributed by atoms with Crippen molar-refractivity contribution in [2.24, 2.45) is 0 Å². The van der Waals surface area contributed by atoms with Gasteiger partial charge in [0.25, 0.3) is 5.19 Å². The minimum Gasteiger partial charge on any atom is -0.483 e. The van der Waals surface area contributed by atoms with Crippen LogP contribution >= 0.6 is 34.5 Å². The Morgan fingerprint density at radius 2 is 1.81 bits per heavy atom. The largest absolute Gasteiger partial charge is 0.483 e. The molecule has 0 aliphatic heterocycles. The lowest BCUT2D eigenvalue weighted by Gasteiger charge is -2.18.